The number of nitrogens with one attached hydrogen (secondary N) is 3. The molecule has 204 valence electrons. The van der Waals surface area contributed by atoms with Gasteiger partial charge in [0.15, 0.2) is 6.19 Å². The monoisotopic (exact) mass is 548 g/mol. The number of nitriles is 1. The Morgan fingerprint density at radius 1 is 1.13 bits per heavy atom. The molecule has 1 heterocycles. The lowest BCUT2D eigenvalue weighted by Gasteiger charge is -2.28. The first-order chi connectivity index (χ1) is 18.3. The average molecular weight is 549 g/mol. The number of morpholine rings is 1. The first-order valence-electron chi connectivity index (χ1n) is 11.8. The summed E-state index contributed by atoms with van der Waals surface area (Å²) in [6.07, 6.45) is 2.89. The number of hydrogen-bond donors (Lipinski definition) is 4. The molecular formula is C24H29FN6O6S. The van der Waals surface area contributed by atoms with Gasteiger partial charge in [-0.15, -0.1) is 0 Å². The smallest absolute Gasteiger partial charge is 0.261 e. The fourth-order valence-electron chi connectivity index (χ4n) is 3.59. The third kappa shape index (κ3) is 8.67. The second kappa shape index (κ2) is 14.2. The fraction of sp³-hybridized carbons (Fsp3) is 0.375. The highest BCUT2D eigenvalue weighted by Crippen LogP contribution is 2.23. The molecule has 1 saturated heterocycles. The van der Waals surface area contributed by atoms with Gasteiger partial charge in [-0.2, -0.15) is 9.98 Å². The van der Waals surface area contributed by atoms with Gasteiger partial charge in [0.05, 0.1) is 18.1 Å². The summed E-state index contributed by atoms with van der Waals surface area (Å²) in [5.74, 6) is -0.151. The maximum atomic E-state index is 13.0. The van der Waals surface area contributed by atoms with E-state index in [4.69, 9.17) is 19.9 Å². The van der Waals surface area contributed by atoms with Crippen LogP contribution in [0.1, 0.15) is 19.3 Å². The number of carbonyl (C=O) groups is 1. The molecule has 14 heteroatoms. The van der Waals surface area contributed by atoms with E-state index in [9.17, 15) is 17.6 Å². The number of benzene rings is 2. The van der Waals surface area contributed by atoms with Crippen molar-refractivity contribution in [2.45, 2.75) is 30.2 Å². The third-order valence-electron chi connectivity index (χ3n) is 5.55. The largest absolute Gasteiger partial charge is 0.457 e. The standard InChI is InChI=1S/C24H29FN6O6S/c25-18-4-6-19(7-5-18)37-20-8-10-21(11-9-20)38(34,35)30-22(23(32)29-33)3-1-2-12-27-24(28-17-26)31-13-15-36-16-14-31/h4-11,22,30,33H,1-3,12-16H2,(H,27,28)(H,29,32)/t22-/m1/s1. The van der Waals surface area contributed by atoms with Gasteiger partial charge in [0.1, 0.15) is 23.4 Å². The first-order valence-corrected chi connectivity index (χ1v) is 13.3. The lowest BCUT2D eigenvalue weighted by molar-refractivity contribution is -0.131. The molecule has 2 aromatic rings. The van der Waals surface area contributed by atoms with E-state index in [0.717, 1.165) is 0 Å². The molecule has 38 heavy (non-hydrogen) atoms. The van der Waals surface area contributed by atoms with Crippen LogP contribution in [0.3, 0.4) is 0 Å². The molecule has 0 bridgehead atoms. The van der Waals surface area contributed by atoms with E-state index in [1.807, 2.05) is 11.1 Å². The average Bonchev–Trinajstić information content (AvgIpc) is 2.93. The van der Waals surface area contributed by atoms with Crippen molar-refractivity contribution in [3.63, 3.8) is 0 Å². The Labute approximate surface area is 220 Å². The van der Waals surface area contributed by atoms with Gasteiger partial charge in [-0.3, -0.25) is 20.3 Å². The number of ether oxygens (including phenoxy) is 2. The molecule has 1 fully saturated rings. The van der Waals surface area contributed by atoms with Crippen molar-refractivity contribution in [1.82, 2.24) is 20.4 Å². The van der Waals surface area contributed by atoms with Crippen molar-refractivity contribution in [1.29, 1.82) is 5.26 Å². The Bertz CT molecular complexity index is 1230. The number of sulfonamides is 1. The van der Waals surface area contributed by atoms with Crippen LogP contribution in [0.5, 0.6) is 11.5 Å². The predicted molar refractivity (Wildman–Crippen MR) is 134 cm³/mol. The van der Waals surface area contributed by atoms with Crippen LogP contribution in [0.25, 0.3) is 0 Å². The lowest BCUT2D eigenvalue weighted by atomic mass is 10.1. The van der Waals surface area contributed by atoms with E-state index in [0.29, 0.717) is 63.1 Å². The van der Waals surface area contributed by atoms with Crippen molar-refractivity contribution in [2.75, 3.05) is 32.8 Å². The summed E-state index contributed by atoms with van der Waals surface area (Å²) in [5.41, 5.74) is 1.49. The molecule has 3 rings (SSSR count). The minimum Gasteiger partial charge on any atom is -0.457 e. The number of hydrogen-bond acceptors (Lipinski definition) is 8. The molecule has 1 aliphatic heterocycles. The van der Waals surface area contributed by atoms with Crippen LogP contribution in [0.15, 0.2) is 58.4 Å². The number of carbonyl (C=O) groups excluding carboxylic acids is 1. The van der Waals surface area contributed by atoms with E-state index in [1.54, 1.807) is 0 Å². The number of halogens is 1. The Kier molecular flexibility index (Phi) is 10.8. The van der Waals surface area contributed by atoms with Crippen LogP contribution in [-0.2, 0) is 19.6 Å². The second-order valence-electron chi connectivity index (χ2n) is 8.21. The highest BCUT2D eigenvalue weighted by molar-refractivity contribution is 7.89. The van der Waals surface area contributed by atoms with Crippen molar-refractivity contribution in [2.24, 2.45) is 4.99 Å². The number of guanidine groups is 1. The summed E-state index contributed by atoms with van der Waals surface area (Å²) in [6, 6.07) is 9.60. The quantitative estimate of drug-likeness (QED) is 0.0622. The molecule has 12 nitrogen and oxygen atoms in total. The molecule has 0 radical (unpaired) electrons. The normalized spacial score (nSPS) is 14.9. The molecule has 0 saturated carbocycles. The van der Waals surface area contributed by atoms with Crippen molar-refractivity contribution >= 4 is 21.9 Å². The summed E-state index contributed by atoms with van der Waals surface area (Å²) in [6.45, 7) is 2.63. The molecule has 1 aliphatic rings. The van der Waals surface area contributed by atoms with E-state index >= 15 is 0 Å². The van der Waals surface area contributed by atoms with Crippen LogP contribution >= 0.6 is 0 Å². The lowest BCUT2D eigenvalue weighted by Crippen LogP contribution is -2.46. The molecule has 0 aliphatic carbocycles. The Balaban J connectivity index is 1.56. The van der Waals surface area contributed by atoms with Crippen LogP contribution in [0.4, 0.5) is 4.39 Å². The number of nitrogens with zero attached hydrogens (tertiary/aromatic N) is 3. The number of rotatable bonds is 11. The van der Waals surface area contributed by atoms with E-state index in [-0.39, 0.29) is 11.3 Å². The van der Waals surface area contributed by atoms with Gasteiger partial charge in [0.2, 0.25) is 16.0 Å². The number of amides is 1. The molecule has 4 N–H and O–H groups in total. The SMILES string of the molecule is N#CNC(=NCCCC[C@@H](NS(=O)(=O)c1ccc(Oc2ccc(F)cc2)cc1)C(=O)NO)N1CCOCC1. The van der Waals surface area contributed by atoms with E-state index in [1.165, 1.54) is 54.0 Å². The maximum absolute atomic E-state index is 13.0. The molecule has 0 spiro atoms. The van der Waals surface area contributed by atoms with Gasteiger partial charge in [0.25, 0.3) is 5.91 Å². The van der Waals surface area contributed by atoms with Crippen molar-refractivity contribution in [3.8, 4) is 17.7 Å². The number of aliphatic imine (C=N–C) groups is 1. The van der Waals surface area contributed by atoms with Gasteiger partial charge < -0.3 is 14.4 Å². The van der Waals surface area contributed by atoms with Crippen LogP contribution in [0, 0.1) is 17.3 Å². The summed E-state index contributed by atoms with van der Waals surface area (Å²) >= 11 is 0. The molecule has 0 aromatic heterocycles. The van der Waals surface area contributed by atoms with Gasteiger partial charge in [0, 0.05) is 19.6 Å². The minimum absolute atomic E-state index is 0.103. The Morgan fingerprint density at radius 2 is 1.76 bits per heavy atom. The summed E-state index contributed by atoms with van der Waals surface area (Å²) in [5, 5.41) is 20.6. The van der Waals surface area contributed by atoms with Gasteiger partial charge in [-0.05, 0) is 67.8 Å². The summed E-state index contributed by atoms with van der Waals surface area (Å²) in [4.78, 5) is 18.3. The Hall–Kier alpha value is -3.77. The maximum Gasteiger partial charge on any atom is 0.261 e. The van der Waals surface area contributed by atoms with Crippen LogP contribution < -0.4 is 20.3 Å². The topological polar surface area (TPSA) is 165 Å². The number of hydroxylamine groups is 1. The van der Waals surface area contributed by atoms with Gasteiger partial charge in [-0.1, -0.05) is 0 Å². The van der Waals surface area contributed by atoms with Crippen molar-refractivity contribution in [3.05, 3.63) is 54.3 Å². The minimum atomic E-state index is -4.11. The van der Waals surface area contributed by atoms with E-state index in [2.05, 4.69) is 15.0 Å². The highest BCUT2D eigenvalue weighted by Gasteiger charge is 2.25. The van der Waals surface area contributed by atoms with Gasteiger partial charge in [-0.25, -0.2) is 18.3 Å². The van der Waals surface area contributed by atoms with Crippen LogP contribution in [0.2, 0.25) is 0 Å². The fourth-order valence-corrected chi connectivity index (χ4v) is 4.82. The Morgan fingerprint density at radius 3 is 2.37 bits per heavy atom. The highest BCUT2D eigenvalue weighted by atomic mass is 32.2. The zero-order chi connectivity index (χ0) is 27.4. The van der Waals surface area contributed by atoms with Crippen LogP contribution in [-0.4, -0.2) is 69.3 Å². The van der Waals surface area contributed by atoms with Crippen molar-refractivity contribution < 1.29 is 32.3 Å². The summed E-state index contributed by atoms with van der Waals surface area (Å²) in [7, 11) is -4.11. The molecule has 0 unspecified atom stereocenters. The molecule has 1 amide bonds. The zero-order valence-corrected chi connectivity index (χ0v) is 21.3. The molecule has 2 aromatic carbocycles. The first kappa shape index (κ1) is 28.8. The molecular weight excluding hydrogens is 519 g/mol. The van der Waals surface area contributed by atoms with Gasteiger partial charge >= 0.3 is 0 Å². The van der Waals surface area contributed by atoms with E-state index < -0.39 is 27.8 Å². The second-order valence-corrected chi connectivity index (χ2v) is 9.93. The number of unbranched alkanes of at least 4 members (excludes halogenated alkanes) is 1. The predicted octanol–water partition coefficient (Wildman–Crippen LogP) is 1.70. The summed E-state index contributed by atoms with van der Waals surface area (Å²) < 4.78 is 51.9. The molecule has 1 atom stereocenters. The third-order valence-corrected chi connectivity index (χ3v) is 7.04. The zero-order valence-electron chi connectivity index (χ0n) is 20.5.